The van der Waals surface area contributed by atoms with E-state index in [1.807, 2.05) is 18.2 Å². The number of nitriles is 1. The molecule has 96 valence electrons. The molecule has 1 aliphatic heterocycles. The third-order valence-electron chi connectivity index (χ3n) is 3.12. The van der Waals surface area contributed by atoms with Crippen molar-refractivity contribution < 1.29 is 14.6 Å². The monoisotopic (exact) mass is 247 g/mol. The molecule has 1 N–H and O–H groups in total. The standard InChI is InChI=1S/C14H17NO3/c15-9-11-3-1-2-4-13(11)14(10-16)18-12-5-7-17-8-6-12/h1-4,12,14,16H,5-8,10H2. The first-order chi connectivity index (χ1) is 8.85. The fourth-order valence-corrected chi connectivity index (χ4v) is 2.14. The molecule has 0 radical (unpaired) electrons. The highest BCUT2D eigenvalue weighted by Crippen LogP contribution is 2.25. The van der Waals surface area contributed by atoms with E-state index < -0.39 is 6.10 Å². The Bertz CT molecular complexity index is 421. The van der Waals surface area contributed by atoms with Gasteiger partial charge in [0.25, 0.3) is 0 Å². The molecular formula is C14H17NO3. The van der Waals surface area contributed by atoms with Gasteiger partial charge in [0.05, 0.1) is 24.3 Å². The van der Waals surface area contributed by atoms with E-state index in [1.165, 1.54) is 0 Å². The van der Waals surface area contributed by atoms with Crippen molar-refractivity contribution in [3.8, 4) is 6.07 Å². The van der Waals surface area contributed by atoms with Crippen molar-refractivity contribution in [3.05, 3.63) is 35.4 Å². The Morgan fingerprint density at radius 1 is 1.39 bits per heavy atom. The van der Waals surface area contributed by atoms with Crippen LogP contribution < -0.4 is 0 Å². The number of hydrogen-bond acceptors (Lipinski definition) is 4. The molecule has 4 heteroatoms. The molecule has 1 aromatic rings. The normalized spacial score (nSPS) is 18.2. The van der Waals surface area contributed by atoms with Gasteiger partial charge in [0.1, 0.15) is 6.10 Å². The van der Waals surface area contributed by atoms with Gasteiger partial charge in [-0.1, -0.05) is 18.2 Å². The highest BCUT2D eigenvalue weighted by molar-refractivity contribution is 5.38. The quantitative estimate of drug-likeness (QED) is 0.881. The lowest BCUT2D eigenvalue weighted by molar-refractivity contribution is -0.0849. The van der Waals surface area contributed by atoms with Gasteiger partial charge in [-0.15, -0.1) is 0 Å². The smallest absolute Gasteiger partial charge is 0.107 e. The van der Waals surface area contributed by atoms with E-state index in [0.717, 1.165) is 18.4 Å². The van der Waals surface area contributed by atoms with Gasteiger partial charge < -0.3 is 14.6 Å². The zero-order chi connectivity index (χ0) is 12.8. The average molecular weight is 247 g/mol. The zero-order valence-corrected chi connectivity index (χ0v) is 10.2. The van der Waals surface area contributed by atoms with E-state index in [-0.39, 0.29) is 12.7 Å². The van der Waals surface area contributed by atoms with Gasteiger partial charge in [-0.25, -0.2) is 0 Å². The molecule has 2 rings (SSSR count). The number of benzene rings is 1. The maximum atomic E-state index is 9.46. The van der Waals surface area contributed by atoms with Crippen LogP contribution in [0.3, 0.4) is 0 Å². The van der Waals surface area contributed by atoms with Crippen molar-refractivity contribution in [1.82, 2.24) is 0 Å². The van der Waals surface area contributed by atoms with Crippen molar-refractivity contribution in [3.63, 3.8) is 0 Å². The van der Waals surface area contributed by atoms with E-state index >= 15 is 0 Å². The Labute approximate surface area is 107 Å². The number of aliphatic hydroxyl groups excluding tert-OH is 1. The summed E-state index contributed by atoms with van der Waals surface area (Å²) >= 11 is 0. The maximum absolute atomic E-state index is 9.46. The van der Waals surface area contributed by atoms with Crippen LogP contribution in [0.15, 0.2) is 24.3 Å². The first-order valence-electron chi connectivity index (χ1n) is 6.18. The molecule has 0 aromatic heterocycles. The molecule has 1 saturated heterocycles. The number of nitrogens with zero attached hydrogens (tertiary/aromatic N) is 1. The van der Waals surface area contributed by atoms with Crippen LogP contribution in [-0.4, -0.2) is 31.0 Å². The van der Waals surface area contributed by atoms with E-state index in [9.17, 15) is 5.11 Å². The van der Waals surface area contributed by atoms with Crippen LogP contribution in [0, 0.1) is 11.3 Å². The summed E-state index contributed by atoms with van der Waals surface area (Å²) < 4.78 is 11.2. The third kappa shape index (κ3) is 3.08. The van der Waals surface area contributed by atoms with Gasteiger partial charge in [0, 0.05) is 18.8 Å². The Kier molecular flexibility index (Phi) is 4.71. The van der Waals surface area contributed by atoms with Crippen LogP contribution in [0.4, 0.5) is 0 Å². The summed E-state index contributed by atoms with van der Waals surface area (Å²) in [4.78, 5) is 0. The zero-order valence-electron chi connectivity index (χ0n) is 10.2. The fourth-order valence-electron chi connectivity index (χ4n) is 2.14. The Morgan fingerprint density at radius 2 is 2.11 bits per heavy atom. The molecule has 18 heavy (non-hydrogen) atoms. The molecule has 1 atom stereocenters. The second kappa shape index (κ2) is 6.50. The van der Waals surface area contributed by atoms with Crippen molar-refractivity contribution >= 4 is 0 Å². The number of hydrogen-bond donors (Lipinski definition) is 1. The first-order valence-corrected chi connectivity index (χ1v) is 6.18. The second-order valence-corrected chi connectivity index (χ2v) is 4.32. The average Bonchev–Trinajstić information content (AvgIpc) is 2.46. The highest BCUT2D eigenvalue weighted by atomic mass is 16.5. The third-order valence-corrected chi connectivity index (χ3v) is 3.12. The largest absolute Gasteiger partial charge is 0.393 e. The summed E-state index contributed by atoms with van der Waals surface area (Å²) in [5.74, 6) is 0. The van der Waals surface area contributed by atoms with Gasteiger partial charge in [-0.05, 0) is 18.9 Å². The lowest BCUT2D eigenvalue weighted by atomic mass is 10.0. The van der Waals surface area contributed by atoms with E-state index in [1.54, 1.807) is 6.07 Å². The predicted molar refractivity (Wildman–Crippen MR) is 65.9 cm³/mol. The Balaban J connectivity index is 2.10. The fraction of sp³-hybridized carbons (Fsp3) is 0.500. The predicted octanol–water partition coefficient (Wildman–Crippen LogP) is 1.79. The van der Waals surface area contributed by atoms with E-state index in [0.29, 0.717) is 18.8 Å². The molecule has 0 spiro atoms. The van der Waals surface area contributed by atoms with Crippen LogP contribution in [0.5, 0.6) is 0 Å². The summed E-state index contributed by atoms with van der Waals surface area (Å²) in [7, 11) is 0. The van der Waals surface area contributed by atoms with Crippen molar-refractivity contribution in [1.29, 1.82) is 5.26 Å². The van der Waals surface area contributed by atoms with Gasteiger partial charge >= 0.3 is 0 Å². The number of rotatable bonds is 4. The SMILES string of the molecule is N#Cc1ccccc1C(CO)OC1CCOCC1. The molecule has 0 aliphatic carbocycles. The van der Waals surface area contributed by atoms with Gasteiger partial charge in [0.2, 0.25) is 0 Å². The van der Waals surface area contributed by atoms with E-state index in [4.69, 9.17) is 14.7 Å². The molecule has 1 heterocycles. The summed E-state index contributed by atoms with van der Waals surface area (Å²) in [6.45, 7) is 1.28. The lowest BCUT2D eigenvalue weighted by Crippen LogP contribution is -2.26. The molecule has 4 nitrogen and oxygen atoms in total. The first kappa shape index (κ1) is 13.0. The van der Waals surface area contributed by atoms with Gasteiger partial charge in [-0.3, -0.25) is 0 Å². The molecule has 0 amide bonds. The molecule has 1 unspecified atom stereocenters. The lowest BCUT2D eigenvalue weighted by Gasteiger charge is -2.27. The minimum atomic E-state index is -0.427. The molecule has 0 bridgehead atoms. The maximum Gasteiger partial charge on any atom is 0.107 e. The Morgan fingerprint density at radius 3 is 2.78 bits per heavy atom. The van der Waals surface area contributed by atoms with Crippen LogP contribution in [-0.2, 0) is 9.47 Å². The van der Waals surface area contributed by atoms with Crippen LogP contribution >= 0.6 is 0 Å². The summed E-state index contributed by atoms with van der Waals surface area (Å²) in [6, 6.07) is 9.37. The van der Waals surface area contributed by atoms with Gasteiger partial charge in [0.15, 0.2) is 0 Å². The summed E-state index contributed by atoms with van der Waals surface area (Å²) in [5.41, 5.74) is 1.32. The van der Waals surface area contributed by atoms with Crippen LogP contribution in [0.1, 0.15) is 30.1 Å². The number of aliphatic hydroxyl groups is 1. The molecular weight excluding hydrogens is 230 g/mol. The molecule has 1 fully saturated rings. The van der Waals surface area contributed by atoms with Crippen molar-refractivity contribution in [2.45, 2.75) is 25.0 Å². The molecule has 1 aliphatic rings. The van der Waals surface area contributed by atoms with E-state index in [2.05, 4.69) is 6.07 Å². The highest BCUT2D eigenvalue weighted by Gasteiger charge is 2.22. The second-order valence-electron chi connectivity index (χ2n) is 4.32. The summed E-state index contributed by atoms with van der Waals surface area (Å²) in [6.07, 6.45) is 1.35. The molecule has 1 aromatic carbocycles. The minimum Gasteiger partial charge on any atom is -0.393 e. The molecule has 0 saturated carbocycles. The van der Waals surface area contributed by atoms with Crippen LogP contribution in [0.25, 0.3) is 0 Å². The van der Waals surface area contributed by atoms with Crippen LogP contribution in [0.2, 0.25) is 0 Å². The van der Waals surface area contributed by atoms with Crippen molar-refractivity contribution in [2.24, 2.45) is 0 Å². The Hall–Kier alpha value is -1.41. The summed E-state index contributed by atoms with van der Waals surface area (Å²) in [5, 5.41) is 18.5. The number of ether oxygens (including phenoxy) is 2. The topological polar surface area (TPSA) is 62.5 Å². The van der Waals surface area contributed by atoms with Gasteiger partial charge in [-0.2, -0.15) is 5.26 Å². The minimum absolute atomic E-state index is 0.0997. The van der Waals surface area contributed by atoms with Crippen molar-refractivity contribution in [2.75, 3.05) is 19.8 Å².